The minimum atomic E-state index is 0.303. The summed E-state index contributed by atoms with van der Waals surface area (Å²) in [5.74, 6) is 2.75. The summed E-state index contributed by atoms with van der Waals surface area (Å²) in [6.45, 7) is 9.01. The summed E-state index contributed by atoms with van der Waals surface area (Å²) in [6.07, 6.45) is 8.80. The van der Waals surface area contributed by atoms with Gasteiger partial charge in [-0.2, -0.15) is 0 Å². The van der Waals surface area contributed by atoms with E-state index in [4.69, 9.17) is 10.5 Å². The Morgan fingerprint density at radius 3 is 2.50 bits per heavy atom. The largest absolute Gasteiger partial charge is 0.379 e. The molecule has 0 bridgehead atoms. The van der Waals surface area contributed by atoms with Crippen LogP contribution in [0.25, 0.3) is 0 Å². The summed E-state index contributed by atoms with van der Waals surface area (Å²) in [7, 11) is 2.25. The van der Waals surface area contributed by atoms with E-state index in [1.54, 1.807) is 0 Å². The second kappa shape index (κ2) is 8.78. The molecule has 3 fully saturated rings. The monoisotopic (exact) mass is 390 g/mol. The van der Waals surface area contributed by atoms with Gasteiger partial charge in [0.1, 0.15) is 11.6 Å². The fourth-order valence-corrected chi connectivity index (χ4v) is 5.61. The highest BCUT2D eigenvalue weighted by Crippen LogP contribution is 2.36. The lowest BCUT2D eigenvalue weighted by Crippen LogP contribution is -2.59. The Morgan fingerprint density at radius 2 is 1.86 bits per heavy atom. The van der Waals surface area contributed by atoms with Crippen LogP contribution in [0.2, 0.25) is 0 Å². The molecule has 1 aromatic heterocycles. The van der Waals surface area contributed by atoms with Crippen molar-refractivity contribution in [1.82, 2.24) is 24.6 Å². The normalized spacial score (nSPS) is 28.4. The molecule has 2 aliphatic carbocycles. The molecule has 0 amide bonds. The van der Waals surface area contributed by atoms with Crippen molar-refractivity contribution in [3.05, 3.63) is 11.6 Å². The number of hydrogen-bond donors (Lipinski definition) is 1. The molecular weight excluding hydrogens is 352 g/mol. The van der Waals surface area contributed by atoms with Crippen molar-refractivity contribution in [2.45, 2.75) is 82.5 Å². The Bertz CT molecular complexity index is 629. The Labute approximate surface area is 169 Å². The van der Waals surface area contributed by atoms with Crippen LogP contribution >= 0.6 is 0 Å². The van der Waals surface area contributed by atoms with Crippen LogP contribution in [0.3, 0.4) is 0 Å². The van der Waals surface area contributed by atoms with Crippen LogP contribution < -0.4 is 5.73 Å². The van der Waals surface area contributed by atoms with E-state index in [2.05, 4.69) is 38.5 Å². The first kappa shape index (κ1) is 20.3. The first-order valence-electron chi connectivity index (χ1n) is 11.3. The maximum Gasteiger partial charge on any atom is 0.147 e. The standard InChI is InChI=1S/C21H38N6O/c1-3-27-19(23-24-20(27)17-13-18(22)14-17)15-25(2)16-21(7-5-4-6-8-21)26-9-11-28-12-10-26/h17-18H,3-16,22H2,1-2H3. The first-order valence-corrected chi connectivity index (χ1v) is 11.3. The molecular formula is C21H38N6O. The Hall–Kier alpha value is -1.02. The van der Waals surface area contributed by atoms with Crippen LogP contribution in [0.15, 0.2) is 0 Å². The second-order valence-electron chi connectivity index (χ2n) is 9.20. The molecule has 2 N–H and O–H groups in total. The molecule has 7 nitrogen and oxygen atoms in total. The summed E-state index contributed by atoms with van der Waals surface area (Å²) in [6, 6.07) is 0.345. The number of likely N-dealkylation sites (N-methyl/N-ethyl adjacent to an activating group) is 1. The summed E-state index contributed by atoms with van der Waals surface area (Å²) in [5.41, 5.74) is 6.30. The highest BCUT2D eigenvalue weighted by molar-refractivity contribution is 5.09. The van der Waals surface area contributed by atoms with E-state index < -0.39 is 0 Å². The molecule has 0 spiro atoms. The highest BCUT2D eigenvalue weighted by Gasteiger charge is 2.39. The Morgan fingerprint density at radius 1 is 1.14 bits per heavy atom. The molecule has 158 valence electrons. The molecule has 0 aromatic carbocycles. The Balaban J connectivity index is 1.44. The zero-order chi connectivity index (χ0) is 19.6. The first-order chi connectivity index (χ1) is 13.6. The zero-order valence-corrected chi connectivity index (χ0v) is 17.8. The maximum absolute atomic E-state index is 6.00. The molecule has 1 saturated heterocycles. The van der Waals surface area contributed by atoms with E-state index >= 15 is 0 Å². The maximum atomic E-state index is 6.00. The van der Waals surface area contributed by atoms with Gasteiger partial charge in [-0.3, -0.25) is 9.80 Å². The van der Waals surface area contributed by atoms with E-state index in [9.17, 15) is 0 Å². The van der Waals surface area contributed by atoms with E-state index in [0.717, 1.165) is 70.4 Å². The molecule has 2 saturated carbocycles. The number of ether oxygens (including phenoxy) is 1. The van der Waals surface area contributed by atoms with Crippen LogP contribution in [0.5, 0.6) is 0 Å². The van der Waals surface area contributed by atoms with Gasteiger partial charge in [0.15, 0.2) is 0 Å². The molecule has 1 aromatic rings. The van der Waals surface area contributed by atoms with Crippen LogP contribution in [0.1, 0.15) is 69.4 Å². The minimum Gasteiger partial charge on any atom is -0.379 e. The van der Waals surface area contributed by atoms with Crippen LogP contribution in [0.4, 0.5) is 0 Å². The van der Waals surface area contributed by atoms with Crippen molar-refractivity contribution in [1.29, 1.82) is 0 Å². The summed E-state index contributed by atoms with van der Waals surface area (Å²) in [4.78, 5) is 5.20. The van der Waals surface area contributed by atoms with E-state index in [0.29, 0.717) is 17.5 Å². The van der Waals surface area contributed by atoms with E-state index in [1.807, 2.05) is 0 Å². The number of morpholine rings is 1. The quantitative estimate of drug-likeness (QED) is 0.767. The van der Waals surface area contributed by atoms with Crippen molar-refractivity contribution in [3.63, 3.8) is 0 Å². The van der Waals surface area contributed by atoms with E-state index in [-0.39, 0.29) is 0 Å². The lowest BCUT2D eigenvalue weighted by molar-refractivity contribution is -0.0493. The molecule has 28 heavy (non-hydrogen) atoms. The summed E-state index contributed by atoms with van der Waals surface area (Å²) < 4.78 is 7.96. The average Bonchev–Trinajstić information content (AvgIpc) is 3.08. The van der Waals surface area contributed by atoms with Gasteiger partial charge in [-0.15, -0.1) is 10.2 Å². The molecule has 1 aliphatic heterocycles. The molecule has 0 unspecified atom stereocenters. The lowest BCUT2D eigenvalue weighted by Gasteiger charge is -2.49. The lowest BCUT2D eigenvalue weighted by atomic mass is 9.79. The fourth-order valence-electron chi connectivity index (χ4n) is 5.61. The number of nitrogens with zero attached hydrogens (tertiary/aromatic N) is 5. The average molecular weight is 391 g/mol. The number of aromatic nitrogens is 3. The van der Waals surface area contributed by atoms with Crippen molar-refractivity contribution < 1.29 is 4.74 Å². The van der Waals surface area contributed by atoms with Gasteiger partial charge >= 0.3 is 0 Å². The van der Waals surface area contributed by atoms with Crippen LogP contribution in [0, 0.1) is 0 Å². The number of nitrogens with two attached hydrogens (primary N) is 1. The molecule has 2 heterocycles. The SMILES string of the molecule is CCn1c(CN(C)CC2(N3CCOCC3)CCCCC2)nnc1C1CC(N)C1. The van der Waals surface area contributed by atoms with Crippen LogP contribution in [-0.2, 0) is 17.8 Å². The van der Waals surface area contributed by atoms with Gasteiger partial charge in [-0.05, 0) is 39.7 Å². The fraction of sp³-hybridized carbons (Fsp3) is 0.905. The van der Waals surface area contributed by atoms with Crippen molar-refractivity contribution in [3.8, 4) is 0 Å². The molecule has 7 heteroatoms. The van der Waals surface area contributed by atoms with Gasteiger partial charge in [-0.25, -0.2) is 0 Å². The van der Waals surface area contributed by atoms with Gasteiger partial charge < -0.3 is 15.0 Å². The third-order valence-electron chi connectivity index (χ3n) is 7.15. The predicted molar refractivity (Wildman–Crippen MR) is 110 cm³/mol. The second-order valence-corrected chi connectivity index (χ2v) is 9.20. The van der Waals surface area contributed by atoms with Gasteiger partial charge in [0.05, 0.1) is 19.8 Å². The number of rotatable bonds is 7. The minimum absolute atomic E-state index is 0.303. The Kier molecular flexibility index (Phi) is 6.35. The molecule has 0 atom stereocenters. The van der Waals surface area contributed by atoms with Crippen molar-refractivity contribution >= 4 is 0 Å². The molecule has 4 rings (SSSR count). The molecule has 0 radical (unpaired) electrons. The number of hydrogen-bond acceptors (Lipinski definition) is 6. The predicted octanol–water partition coefficient (Wildman–Crippen LogP) is 1.97. The smallest absolute Gasteiger partial charge is 0.147 e. The van der Waals surface area contributed by atoms with Crippen LogP contribution in [-0.4, -0.2) is 76.0 Å². The summed E-state index contributed by atoms with van der Waals surface area (Å²) >= 11 is 0. The van der Waals surface area contributed by atoms with Gasteiger partial charge in [0, 0.05) is 43.7 Å². The van der Waals surface area contributed by atoms with E-state index in [1.165, 1.54) is 32.1 Å². The summed E-state index contributed by atoms with van der Waals surface area (Å²) in [5, 5.41) is 9.13. The van der Waals surface area contributed by atoms with Gasteiger partial charge in [-0.1, -0.05) is 19.3 Å². The zero-order valence-electron chi connectivity index (χ0n) is 17.8. The molecule has 3 aliphatic rings. The third-order valence-corrected chi connectivity index (χ3v) is 7.15. The third kappa shape index (κ3) is 4.13. The highest BCUT2D eigenvalue weighted by atomic mass is 16.5. The van der Waals surface area contributed by atoms with Gasteiger partial charge in [0.25, 0.3) is 0 Å². The van der Waals surface area contributed by atoms with Crippen molar-refractivity contribution in [2.75, 3.05) is 39.9 Å². The topological polar surface area (TPSA) is 72.4 Å². The van der Waals surface area contributed by atoms with Crippen molar-refractivity contribution in [2.24, 2.45) is 5.73 Å². The van der Waals surface area contributed by atoms with Gasteiger partial charge in [0.2, 0.25) is 0 Å².